The Morgan fingerprint density at radius 2 is 1.85 bits per heavy atom. The van der Waals surface area contributed by atoms with Crippen LogP contribution in [0.2, 0.25) is 0 Å². The molecule has 1 atom stereocenters. The maximum atomic E-state index is 9.75. The van der Waals surface area contributed by atoms with Gasteiger partial charge in [0.1, 0.15) is 0 Å². The predicted molar refractivity (Wildman–Crippen MR) is 84.1 cm³/mol. The van der Waals surface area contributed by atoms with Crippen molar-refractivity contribution in [3.8, 4) is 0 Å². The van der Waals surface area contributed by atoms with Crippen LogP contribution in [0, 0.1) is 5.92 Å². The fourth-order valence-corrected chi connectivity index (χ4v) is 4.20. The normalized spacial score (nSPS) is 30.0. The van der Waals surface area contributed by atoms with Crippen molar-refractivity contribution in [1.82, 2.24) is 0 Å². The highest BCUT2D eigenvalue weighted by atomic mass is 16.3. The van der Waals surface area contributed by atoms with Crippen LogP contribution in [-0.2, 0) is 12.8 Å². The predicted octanol–water partition coefficient (Wildman–Crippen LogP) is 4.61. The first kappa shape index (κ1) is 14.1. The van der Waals surface area contributed by atoms with E-state index in [1.54, 1.807) is 5.56 Å². The minimum atomic E-state index is -0.113. The molecular formula is C19H28O. The van der Waals surface area contributed by atoms with Gasteiger partial charge < -0.3 is 5.11 Å². The molecule has 0 aliphatic heterocycles. The molecule has 1 N–H and O–H groups in total. The van der Waals surface area contributed by atoms with Gasteiger partial charge in [-0.25, -0.2) is 0 Å². The quantitative estimate of drug-likeness (QED) is 0.852. The first-order chi connectivity index (χ1) is 9.76. The van der Waals surface area contributed by atoms with E-state index in [0.29, 0.717) is 0 Å². The van der Waals surface area contributed by atoms with Gasteiger partial charge in [-0.3, -0.25) is 0 Å². The summed E-state index contributed by atoms with van der Waals surface area (Å²) in [5.41, 5.74) is 4.45. The Bertz CT molecular complexity index is 443. The van der Waals surface area contributed by atoms with Crippen molar-refractivity contribution in [2.45, 2.75) is 76.7 Å². The van der Waals surface area contributed by atoms with E-state index in [2.05, 4.69) is 25.1 Å². The van der Waals surface area contributed by atoms with Gasteiger partial charge in [-0.05, 0) is 73.5 Å². The van der Waals surface area contributed by atoms with Gasteiger partial charge in [0.15, 0.2) is 0 Å². The molecule has 1 heteroatoms. The Morgan fingerprint density at radius 1 is 1.05 bits per heavy atom. The first-order valence-electron chi connectivity index (χ1n) is 8.56. The van der Waals surface area contributed by atoms with Crippen LogP contribution in [0.3, 0.4) is 0 Å². The van der Waals surface area contributed by atoms with Gasteiger partial charge in [0.25, 0.3) is 0 Å². The third kappa shape index (κ3) is 3.09. The van der Waals surface area contributed by atoms with Gasteiger partial charge in [-0.15, -0.1) is 0 Å². The van der Waals surface area contributed by atoms with E-state index in [4.69, 9.17) is 0 Å². The van der Waals surface area contributed by atoms with Crippen LogP contribution in [0.4, 0.5) is 0 Å². The second-order valence-electron chi connectivity index (χ2n) is 6.93. The van der Waals surface area contributed by atoms with Crippen molar-refractivity contribution in [2.75, 3.05) is 0 Å². The molecule has 0 spiro atoms. The second-order valence-corrected chi connectivity index (χ2v) is 6.93. The summed E-state index contributed by atoms with van der Waals surface area (Å²) in [6, 6.07) is 7.07. The molecule has 0 bridgehead atoms. The Morgan fingerprint density at radius 3 is 2.60 bits per heavy atom. The molecule has 0 radical (unpaired) electrons. The van der Waals surface area contributed by atoms with E-state index in [1.807, 2.05) is 0 Å². The van der Waals surface area contributed by atoms with Crippen LogP contribution in [0.1, 0.15) is 74.5 Å². The smallest absolute Gasteiger partial charge is 0.0583 e. The molecule has 2 aliphatic rings. The van der Waals surface area contributed by atoms with Gasteiger partial charge in [-0.1, -0.05) is 38.0 Å². The molecule has 110 valence electrons. The van der Waals surface area contributed by atoms with E-state index in [-0.39, 0.29) is 6.10 Å². The first-order valence-corrected chi connectivity index (χ1v) is 8.56. The number of aliphatic hydroxyl groups is 1. The lowest BCUT2D eigenvalue weighted by Gasteiger charge is -2.30. The SMILES string of the molecule is CCCC1CCC(c2ccc3c(c2)CCC(O)C3)CC1. The van der Waals surface area contributed by atoms with Crippen LogP contribution in [-0.4, -0.2) is 11.2 Å². The summed E-state index contributed by atoms with van der Waals surface area (Å²) in [5, 5.41) is 9.75. The second kappa shape index (κ2) is 6.30. The molecule has 3 rings (SSSR count). The van der Waals surface area contributed by atoms with E-state index >= 15 is 0 Å². The molecule has 0 aromatic heterocycles. The lowest BCUT2D eigenvalue weighted by molar-refractivity contribution is 0.158. The zero-order valence-corrected chi connectivity index (χ0v) is 12.8. The number of hydrogen-bond acceptors (Lipinski definition) is 1. The summed E-state index contributed by atoms with van der Waals surface area (Å²) in [4.78, 5) is 0. The minimum absolute atomic E-state index is 0.113. The zero-order valence-electron chi connectivity index (χ0n) is 12.8. The summed E-state index contributed by atoms with van der Waals surface area (Å²) in [5.74, 6) is 1.78. The van der Waals surface area contributed by atoms with Crippen molar-refractivity contribution in [2.24, 2.45) is 5.92 Å². The van der Waals surface area contributed by atoms with Gasteiger partial charge in [0.2, 0.25) is 0 Å². The van der Waals surface area contributed by atoms with E-state index in [0.717, 1.165) is 31.1 Å². The van der Waals surface area contributed by atoms with Gasteiger partial charge in [0, 0.05) is 0 Å². The molecule has 20 heavy (non-hydrogen) atoms. The zero-order chi connectivity index (χ0) is 13.9. The third-order valence-electron chi connectivity index (χ3n) is 5.45. The Balaban J connectivity index is 1.66. The van der Waals surface area contributed by atoms with Gasteiger partial charge >= 0.3 is 0 Å². The number of hydrogen-bond donors (Lipinski definition) is 1. The van der Waals surface area contributed by atoms with E-state index in [9.17, 15) is 5.11 Å². The highest BCUT2D eigenvalue weighted by Crippen LogP contribution is 2.38. The van der Waals surface area contributed by atoms with Crippen LogP contribution in [0.25, 0.3) is 0 Å². The van der Waals surface area contributed by atoms with E-state index < -0.39 is 0 Å². The maximum Gasteiger partial charge on any atom is 0.0583 e. The summed E-state index contributed by atoms with van der Waals surface area (Å²) in [7, 11) is 0. The number of aliphatic hydroxyl groups excluding tert-OH is 1. The van der Waals surface area contributed by atoms with Gasteiger partial charge in [0.05, 0.1) is 6.10 Å². The molecule has 1 saturated carbocycles. The molecule has 2 aliphatic carbocycles. The summed E-state index contributed by atoms with van der Waals surface area (Å²) in [6.45, 7) is 2.31. The van der Waals surface area contributed by atoms with Crippen molar-refractivity contribution in [3.63, 3.8) is 0 Å². The molecule has 1 nitrogen and oxygen atoms in total. The number of fused-ring (bicyclic) bond motifs is 1. The molecule has 1 aromatic carbocycles. The lowest BCUT2D eigenvalue weighted by Crippen LogP contribution is -2.19. The van der Waals surface area contributed by atoms with Crippen LogP contribution >= 0.6 is 0 Å². The minimum Gasteiger partial charge on any atom is -0.393 e. The molecule has 0 saturated heterocycles. The van der Waals surface area contributed by atoms with E-state index in [1.165, 1.54) is 49.7 Å². The standard InChI is InChI=1S/C19H28O/c1-2-3-14-4-6-15(7-5-14)16-8-9-18-13-19(20)11-10-17(18)12-16/h8-9,12,14-15,19-20H,2-7,10-11,13H2,1H3. The Labute approximate surface area is 123 Å². The highest BCUT2D eigenvalue weighted by Gasteiger charge is 2.23. The average Bonchev–Trinajstić information content (AvgIpc) is 2.48. The molecule has 0 heterocycles. The van der Waals surface area contributed by atoms with Crippen LogP contribution in [0.5, 0.6) is 0 Å². The number of benzene rings is 1. The topological polar surface area (TPSA) is 20.2 Å². The molecule has 1 aromatic rings. The highest BCUT2D eigenvalue weighted by molar-refractivity contribution is 5.36. The summed E-state index contributed by atoms with van der Waals surface area (Å²) in [6.07, 6.45) is 11.1. The summed E-state index contributed by atoms with van der Waals surface area (Å²) >= 11 is 0. The lowest BCUT2D eigenvalue weighted by atomic mass is 9.76. The summed E-state index contributed by atoms with van der Waals surface area (Å²) < 4.78 is 0. The van der Waals surface area contributed by atoms with Crippen molar-refractivity contribution in [3.05, 3.63) is 34.9 Å². The number of rotatable bonds is 3. The van der Waals surface area contributed by atoms with Gasteiger partial charge in [-0.2, -0.15) is 0 Å². The van der Waals surface area contributed by atoms with Crippen molar-refractivity contribution in [1.29, 1.82) is 0 Å². The largest absolute Gasteiger partial charge is 0.393 e. The monoisotopic (exact) mass is 272 g/mol. The fourth-order valence-electron chi connectivity index (χ4n) is 4.20. The maximum absolute atomic E-state index is 9.75. The Hall–Kier alpha value is -0.820. The van der Waals surface area contributed by atoms with Crippen LogP contribution in [0.15, 0.2) is 18.2 Å². The number of aryl methyl sites for hydroxylation is 1. The average molecular weight is 272 g/mol. The molecular weight excluding hydrogens is 244 g/mol. The van der Waals surface area contributed by atoms with Crippen LogP contribution < -0.4 is 0 Å². The fraction of sp³-hybridized carbons (Fsp3) is 0.684. The third-order valence-corrected chi connectivity index (χ3v) is 5.45. The van der Waals surface area contributed by atoms with Crippen molar-refractivity contribution < 1.29 is 5.11 Å². The molecule has 0 amide bonds. The molecule has 1 unspecified atom stereocenters. The Kier molecular flexibility index (Phi) is 4.45. The van der Waals surface area contributed by atoms with Crippen molar-refractivity contribution >= 4 is 0 Å². The molecule has 1 fully saturated rings.